The van der Waals surface area contributed by atoms with Gasteiger partial charge < -0.3 is 44.7 Å². The van der Waals surface area contributed by atoms with Gasteiger partial charge in [-0.2, -0.15) is 9.29 Å². The lowest BCUT2D eigenvalue weighted by Crippen LogP contribution is -2.36. The third-order valence-electron chi connectivity index (χ3n) is 11.5. The molecule has 6 N–H and O–H groups in total. The molecule has 4 unspecified atom stereocenters. The van der Waals surface area contributed by atoms with Crippen LogP contribution in [0.2, 0.25) is 0 Å². The van der Waals surface area contributed by atoms with Crippen LogP contribution >= 0.6 is 15.6 Å². The van der Waals surface area contributed by atoms with E-state index < -0.39 is 83.7 Å². The number of aliphatic hydroxyl groups is 2. The Bertz CT molecular complexity index is 1990. The summed E-state index contributed by atoms with van der Waals surface area (Å²) in [5.74, 6) is -1.40. The van der Waals surface area contributed by atoms with Gasteiger partial charge >= 0.3 is 33.3 Å². The number of unbranched alkanes of at least 4 members (excludes halogenated alkanes) is 11. The number of phosphoric acid groups is 2. The molecule has 402 valence electrons. The zero-order valence-corrected chi connectivity index (χ0v) is 43.5. The van der Waals surface area contributed by atoms with Gasteiger partial charge in [0.2, 0.25) is 0 Å². The van der Waals surface area contributed by atoms with Crippen LogP contribution in [0.4, 0.5) is 5.82 Å². The van der Waals surface area contributed by atoms with Crippen LogP contribution in [0.15, 0.2) is 77.8 Å². The average molecular weight is 1040 g/mol. The monoisotopic (exact) mass is 1040 g/mol. The highest BCUT2D eigenvalue weighted by atomic mass is 31.3. The number of nitrogens with two attached hydrogens (primary N) is 1. The zero-order valence-electron chi connectivity index (χ0n) is 41.7. The molecule has 0 aromatic carbocycles. The van der Waals surface area contributed by atoms with Gasteiger partial charge in [0.25, 0.3) is 0 Å². The number of anilines is 1. The Labute approximate surface area is 419 Å². The predicted molar refractivity (Wildman–Crippen MR) is 270 cm³/mol. The van der Waals surface area contributed by atoms with Crippen LogP contribution in [0, 0.1) is 0 Å². The fourth-order valence-corrected chi connectivity index (χ4v) is 9.54. The second kappa shape index (κ2) is 35.6. The van der Waals surface area contributed by atoms with Crippen molar-refractivity contribution in [3.05, 3.63) is 83.5 Å². The van der Waals surface area contributed by atoms with E-state index in [1.165, 1.54) is 44.6 Å². The first-order valence-corrected chi connectivity index (χ1v) is 28.4. The molecule has 19 nitrogen and oxygen atoms in total. The van der Waals surface area contributed by atoms with Gasteiger partial charge in [-0.05, 0) is 89.5 Å². The minimum Gasteiger partial charge on any atom is -0.462 e. The van der Waals surface area contributed by atoms with E-state index in [4.69, 9.17) is 33.7 Å². The Morgan fingerprint density at radius 1 is 0.704 bits per heavy atom. The number of esters is 2. The van der Waals surface area contributed by atoms with E-state index in [0.717, 1.165) is 81.4 Å². The Morgan fingerprint density at radius 2 is 1.27 bits per heavy atom. The van der Waals surface area contributed by atoms with Gasteiger partial charge in [0.05, 0.1) is 25.4 Å². The number of rotatable bonds is 40. The van der Waals surface area contributed by atoms with Crippen LogP contribution in [0.5, 0.6) is 0 Å². The molecule has 3 heterocycles. The van der Waals surface area contributed by atoms with Crippen molar-refractivity contribution < 1.29 is 71.0 Å². The van der Waals surface area contributed by atoms with Crippen LogP contribution in [0.3, 0.4) is 0 Å². The molecule has 71 heavy (non-hydrogen) atoms. The molecule has 21 heteroatoms. The van der Waals surface area contributed by atoms with Crippen LogP contribution in [0.1, 0.15) is 161 Å². The molecule has 2 fully saturated rings. The Balaban J connectivity index is 1.43. The van der Waals surface area contributed by atoms with Crippen molar-refractivity contribution in [2.75, 3.05) is 25.6 Å². The number of nitrogens with zero attached hydrogens (tertiary/aromatic N) is 2. The van der Waals surface area contributed by atoms with Gasteiger partial charge in [-0.3, -0.25) is 23.2 Å². The second-order valence-electron chi connectivity index (χ2n) is 17.7. The second-order valence-corrected chi connectivity index (χ2v) is 20.7. The number of aliphatic hydroxyl groups excluding tert-OH is 2. The van der Waals surface area contributed by atoms with Gasteiger partial charge in [-0.25, -0.2) is 13.9 Å². The summed E-state index contributed by atoms with van der Waals surface area (Å²) in [5.41, 5.74) is 4.58. The summed E-state index contributed by atoms with van der Waals surface area (Å²) in [6.45, 7) is 2.01. The number of phosphoric ester groups is 2. The standard InChI is InChI=1S/C50H81N3O16P2/c1-3-5-7-9-11-13-15-17-18-19-21-23-25-27-29-33-45(54)63-37-40(66-46(55)34-30-32-42-41(67-42)31-28-26-24-22-20-16-14-12-10-8-6-4-2)38-64-70(59,60)69-71(61,62)65-39-43-47(56)48(57)49(68-43)53-36-35-44(51)52-50(53)58/h11-14,17-18,20,22,26,28,35-36,40-43,47-49,56-57H,3-10,15-16,19,21,23-25,27,29-34,37-39H2,1-2H3,(H,59,60)(H,61,62)(H2,51,52,58)/b13-11-,14-12-,18-17-,22-20-,28-26-/t40-,41?,42?,43-,47-,48-,49-/m1/s1. The quantitative estimate of drug-likeness (QED) is 0.0135. The summed E-state index contributed by atoms with van der Waals surface area (Å²) in [5, 5.41) is 20.9. The largest absolute Gasteiger partial charge is 0.481 e. The van der Waals surface area contributed by atoms with Crippen molar-refractivity contribution in [3.63, 3.8) is 0 Å². The maximum absolute atomic E-state index is 12.9. The molecule has 3 rings (SSSR count). The third kappa shape index (κ3) is 27.9. The predicted octanol–water partition coefficient (Wildman–Crippen LogP) is 9.32. The van der Waals surface area contributed by atoms with Crippen LogP contribution < -0.4 is 11.4 Å². The molecule has 0 bridgehead atoms. The SMILES string of the molecule is CCCCC/C=C\C/C=C\C/C=C\CC1OC1CCCC(=O)O[C@H](COC(=O)CCCCCCC/C=C\C/C=C\CCCCC)COP(=O)(O)OP(=O)(O)OC[C@H]1O[C@@H](n2ccc(N)nc2=O)[C@H](O)[C@@H]1O. The van der Waals surface area contributed by atoms with E-state index in [0.29, 0.717) is 19.3 Å². The lowest BCUT2D eigenvalue weighted by atomic mass is 10.1. The van der Waals surface area contributed by atoms with E-state index in [-0.39, 0.29) is 30.9 Å². The summed E-state index contributed by atoms with van der Waals surface area (Å²) in [7, 11) is -10.9. The van der Waals surface area contributed by atoms with Gasteiger partial charge in [0.15, 0.2) is 12.3 Å². The minimum absolute atomic E-state index is 0.00968. The molecule has 0 radical (unpaired) electrons. The van der Waals surface area contributed by atoms with Crippen molar-refractivity contribution in [1.82, 2.24) is 9.55 Å². The maximum Gasteiger partial charge on any atom is 0.481 e. The number of nitrogen functional groups attached to an aromatic ring is 1. The van der Waals surface area contributed by atoms with Crippen LogP contribution in [-0.4, -0.2) is 97.9 Å². The van der Waals surface area contributed by atoms with Gasteiger partial charge in [-0.15, -0.1) is 0 Å². The summed E-state index contributed by atoms with van der Waals surface area (Å²) in [4.78, 5) is 62.0. The fourth-order valence-electron chi connectivity index (χ4n) is 7.43. The highest BCUT2D eigenvalue weighted by Crippen LogP contribution is 2.60. The van der Waals surface area contributed by atoms with Gasteiger partial charge in [-0.1, -0.05) is 120 Å². The van der Waals surface area contributed by atoms with Gasteiger partial charge in [0, 0.05) is 19.0 Å². The van der Waals surface area contributed by atoms with Crippen molar-refractivity contribution in [2.45, 2.75) is 198 Å². The first-order valence-electron chi connectivity index (χ1n) is 25.4. The number of allylic oxidation sites excluding steroid dienone is 9. The molecule has 2 saturated heterocycles. The third-order valence-corrected chi connectivity index (χ3v) is 14.1. The maximum atomic E-state index is 12.9. The summed E-state index contributed by atoms with van der Waals surface area (Å²) in [6, 6.07) is 1.24. The number of carbonyl (C=O) groups excluding carboxylic acids is 2. The van der Waals surface area contributed by atoms with E-state index in [1.807, 2.05) is 0 Å². The molecular weight excluding hydrogens is 961 g/mol. The molecular formula is C50H81N3O16P2. The number of carbonyl (C=O) groups is 2. The molecule has 0 saturated carbocycles. The molecule has 0 amide bonds. The fraction of sp³-hybridized carbons (Fsp3) is 0.680. The van der Waals surface area contributed by atoms with E-state index in [9.17, 15) is 43.5 Å². The van der Waals surface area contributed by atoms with Crippen LogP contribution in [-0.2, 0) is 51.0 Å². The number of ether oxygens (including phenoxy) is 4. The van der Waals surface area contributed by atoms with Crippen molar-refractivity contribution >= 4 is 33.4 Å². The summed E-state index contributed by atoms with van der Waals surface area (Å²) < 4.78 is 62.6. The zero-order chi connectivity index (χ0) is 51.7. The Hall–Kier alpha value is -3.58. The summed E-state index contributed by atoms with van der Waals surface area (Å²) in [6.07, 6.45) is 34.6. The molecule has 2 aliphatic rings. The summed E-state index contributed by atoms with van der Waals surface area (Å²) >= 11 is 0. The van der Waals surface area contributed by atoms with E-state index in [1.54, 1.807) is 0 Å². The highest BCUT2D eigenvalue weighted by molar-refractivity contribution is 7.61. The number of epoxide rings is 1. The van der Waals surface area contributed by atoms with Crippen LogP contribution in [0.25, 0.3) is 0 Å². The molecule has 1 aromatic heterocycles. The molecule has 1 aromatic rings. The lowest BCUT2D eigenvalue weighted by Gasteiger charge is -2.21. The Morgan fingerprint density at radius 3 is 1.90 bits per heavy atom. The first kappa shape index (κ1) is 61.7. The lowest BCUT2D eigenvalue weighted by molar-refractivity contribution is -0.161. The van der Waals surface area contributed by atoms with E-state index in [2.05, 4.69) is 83.9 Å². The number of aromatic nitrogens is 2. The van der Waals surface area contributed by atoms with Crippen molar-refractivity contribution in [2.24, 2.45) is 0 Å². The average Bonchev–Trinajstić information content (AvgIpc) is 4.01. The number of hydrogen-bond donors (Lipinski definition) is 5. The molecule has 0 aliphatic carbocycles. The smallest absolute Gasteiger partial charge is 0.462 e. The van der Waals surface area contributed by atoms with Crippen molar-refractivity contribution in [1.29, 1.82) is 0 Å². The number of hydrogen-bond acceptors (Lipinski definition) is 16. The van der Waals surface area contributed by atoms with Gasteiger partial charge in [0.1, 0.15) is 30.7 Å². The van der Waals surface area contributed by atoms with E-state index >= 15 is 0 Å². The molecule has 0 spiro atoms. The highest BCUT2D eigenvalue weighted by Gasteiger charge is 2.46. The normalized spacial score (nSPS) is 22.5. The Kier molecular flexibility index (Phi) is 30.9. The van der Waals surface area contributed by atoms with Crippen molar-refractivity contribution in [3.8, 4) is 0 Å². The molecule has 9 atom stereocenters. The molecule has 2 aliphatic heterocycles. The first-order chi connectivity index (χ1) is 34.1. The minimum atomic E-state index is -5.45. The topological polar surface area (TPSA) is 278 Å².